The van der Waals surface area contributed by atoms with Gasteiger partial charge in [-0.2, -0.15) is 0 Å². The smallest absolute Gasteiger partial charge is 0.0541 e. The molecule has 13 aromatic rings. The van der Waals surface area contributed by atoms with Crippen molar-refractivity contribution in [3.8, 4) is 33.6 Å². The van der Waals surface area contributed by atoms with Gasteiger partial charge >= 0.3 is 0 Å². The first-order chi connectivity index (χ1) is 28.7. The fourth-order valence-corrected chi connectivity index (χ4v) is 11.8. The average molecular weight is 773 g/mol. The molecule has 58 heavy (non-hydrogen) atoms. The fraction of sp³-hybridized carbons (Fsp3) is 0. The lowest BCUT2D eigenvalue weighted by molar-refractivity contribution is 1.18. The van der Waals surface area contributed by atoms with Crippen molar-refractivity contribution in [1.82, 2.24) is 9.13 Å². The third-order valence-corrected chi connectivity index (χ3v) is 14.4. The van der Waals surface area contributed by atoms with E-state index in [0.29, 0.717) is 0 Å². The van der Waals surface area contributed by atoms with Crippen LogP contribution in [-0.2, 0) is 0 Å². The van der Waals surface area contributed by atoms with Crippen molar-refractivity contribution in [3.05, 3.63) is 194 Å². The van der Waals surface area contributed by atoms with Crippen molar-refractivity contribution in [3.63, 3.8) is 0 Å². The van der Waals surface area contributed by atoms with Crippen molar-refractivity contribution in [2.45, 2.75) is 0 Å². The van der Waals surface area contributed by atoms with Gasteiger partial charge in [0.25, 0.3) is 0 Å². The summed E-state index contributed by atoms with van der Waals surface area (Å²) in [6, 6.07) is 71.8. The highest BCUT2D eigenvalue weighted by Crippen LogP contribution is 2.44. The largest absolute Gasteiger partial charge is 0.309 e. The molecule has 0 aliphatic rings. The second-order valence-corrected chi connectivity index (χ2v) is 17.5. The number of thiophene rings is 2. The summed E-state index contributed by atoms with van der Waals surface area (Å²) in [5.74, 6) is 0. The number of para-hydroxylation sites is 2. The lowest BCUT2D eigenvalue weighted by Crippen LogP contribution is -1.94. The van der Waals surface area contributed by atoms with E-state index in [4.69, 9.17) is 0 Å². The van der Waals surface area contributed by atoms with E-state index in [-0.39, 0.29) is 0 Å². The van der Waals surface area contributed by atoms with Gasteiger partial charge in [-0.05, 0) is 101 Å². The molecule has 4 aromatic heterocycles. The minimum atomic E-state index is 1.16. The van der Waals surface area contributed by atoms with Gasteiger partial charge in [-0.15, -0.1) is 22.7 Å². The first-order valence-corrected chi connectivity index (χ1v) is 21.4. The molecular weight excluding hydrogens is 741 g/mol. The van der Waals surface area contributed by atoms with Crippen molar-refractivity contribution >= 4 is 107 Å². The van der Waals surface area contributed by atoms with Gasteiger partial charge in [0.1, 0.15) is 0 Å². The van der Waals surface area contributed by atoms with E-state index in [9.17, 15) is 0 Å². The highest BCUT2D eigenvalue weighted by molar-refractivity contribution is 7.28. The Hall–Kier alpha value is -6.98. The molecule has 0 atom stereocenters. The number of hydrogen-bond donors (Lipinski definition) is 0. The predicted octanol–water partition coefficient (Wildman–Crippen LogP) is 16.0. The third-order valence-electron chi connectivity index (χ3n) is 12.1. The average Bonchev–Trinajstić information content (AvgIpc) is 4.02. The van der Waals surface area contributed by atoms with Crippen LogP contribution in [0.5, 0.6) is 0 Å². The topological polar surface area (TPSA) is 9.86 Å². The molecule has 0 aliphatic carbocycles. The van der Waals surface area contributed by atoms with Crippen LogP contribution in [0.4, 0.5) is 0 Å². The summed E-state index contributed by atoms with van der Waals surface area (Å²) in [6.07, 6.45) is 0. The van der Waals surface area contributed by atoms with E-state index in [1.54, 1.807) is 0 Å². The van der Waals surface area contributed by atoms with E-state index < -0.39 is 0 Å². The highest BCUT2D eigenvalue weighted by Gasteiger charge is 2.18. The fourth-order valence-electron chi connectivity index (χ4n) is 9.42. The molecule has 13 rings (SSSR count). The summed E-state index contributed by atoms with van der Waals surface area (Å²) < 4.78 is 10.2. The van der Waals surface area contributed by atoms with Crippen LogP contribution in [0, 0.1) is 0 Å². The van der Waals surface area contributed by atoms with Gasteiger partial charge in [-0.1, -0.05) is 115 Å². The molecule has 0 aliphatic heterocycles. The predicted molar refractivity (Wildman–Crippen MR) is 252 cm³/mol. The maximum Gasteiger partial charge on any atom is 0.0541 e. The molecule has 0 radical (unpaired) electrons. The third kappa shape index (κ3) is 4.70. The summed E-state index contributed by atoms with van der Waals surface area (Å²) >= 11 is 3.79. The molecule has 4 heterocycles. The van der Waals surface area contributed by atoms with Gasteiger partial charge in [-0.3, -0.25) is 0 Å². The zero-order chi connectivity index (χ0) is 37.9. The Bertz CT molecular complexity index is 3780. The first-order valence-electron chi connectivity index (χ1n) is 19.7. The molecule has 0 fully saturated rings. The van der Waals surface area contributed by atoms with E-state index in [1.807, 2.05) is 22.7 Å². The molecule has 0 spiro atoms. The normalized spacial score (nSPS) is 12.1. The van der Waals surface area contributed by atoms with Gasteiger partial charge < -0.3 is 9.13 Å². The molecule has 4 heteroatoms. The van der Waals surface area contributed by atoms with E-state index in [1.165, 1.54) is 112 Å². The minimum Gasteiger partial charge on any atom is -0.309 e. The summed E-state index contributed by atoms with van der Waals surface area (Å²) in [5, 5.41) is 10.4. The molecule has 0 N–H and O–H groups in total. The van der Waals surface area contributed by atoms with Crippen LogP contribution >= 0.6 is 22.7 Å². The van der Waals surface area contributed by atoms with E-state index in [2.05, 4.69) is 203 Å². The number of benzene rings is 9. The maximum absolute atomic E-state index is 2.45. The number of aromatic nitrogens is 2. The van der Waals surface area contributed by atoms with Gasteiger partial charge in [0.15, 0.2) is 0 Å². The number of fused-ring (bicyclic) bond motifs is 12. The molecule has 9 aromatic carbocycles. The van der Waals surface area contributed by atoms with Gasteiger partial charge in [0.05, 0.1) is 22.1 Å². The zero-order valence-corrected chi connectivity index (χ0v) is 32.8. The molecule has 270 valence electrons. The highest BCUT2D eigenvalue weighted by atomic mass is 32.1. The summed E-state index contributed by atoms with van der Waals surface area (Å²) in [7, 11) is 0. The SMILES string of the molecule is c1ccc(-c2ccc(-n3c4ccccc4c4cc(-c5ccc6c(c5)c5ccccc5n6-c5ccc6c(c5)sc5cc7sc8ccccc8c7cc56)ccc43)cc2)cc1. The molecule has 0 amide bonds. The van der Waals surface area contributed by atoms with E-state index in [0.717, 1.165) is 5.69 Å². The number of rotatable bonds is 4. The van der Waals surface area contributed by atoms with Crippen molar-refractivity contribution in [2.24, 2.45) is 0 Å². The molecule has 0 bridgehead atoms. The number of nitrogens with zero attached hydrogens (tertiary/aromatic N) is 2. The van der Waals surface area contributed by atoms with Crippen LogP contribution in [0.25, 0.3) is 118 Å². The van der Waals surface area contributed by atoms with Crippen LogP contribution in [-0.4, -0.2) is 9.13 Å². The van der Waals surface area contributed by atoms with Crippen molar-refractivity contribution in [2.75, 3.05) is 0 Å². The lowest BCUT2D eigenvalue weighted by Gasteiger charge is -2.10. The molecule has 0 saturated carbocycles. The maximum atomic E-state index is 2.45. The van der Waals surface area contributed by atoms with Crippen molar-refractivity contribution < 1.29 is 0 Å². The van der Waals surface area contributed by atoms with Crippen LogP contribution in [0.15, 0.2) is 194 Å². The second kappa shape index (κ2) is 12.3. The summed E-state index contributed by atoms with van der Waals surface area (Å²) in [5.41, 5.74) is 12.1. The Labute approximate surface area is 341 Å². The Morgan fingerprint density at radius 1 is 0.241 bits per heavy atom. The van der Waals surface area contributed by atoms with Crippen LogP contribution in [0.2, 0.25) is 0 Å². The Morgan fingerprint density at radius 2 is 0.707 bits per heavy atom. The van der Waals surface area contributed by atoms with Crippen LogP contribution in [0.1, 0.15) is 0 Å². The first kappa shape index (κ1) is 32.1. The number of hydrogen-bond acceptors (Lipinski definition) is 2. The summed E-state index contributed by atoms with van der Waals surface area (Å²) in [6.45, 7) is 0. The van der Waals surface area contributed by atoms with Crippen LogP contribution < -0.4 is 0 Å². The monoisotopic (exact) mass is 772 g/mol. The van der Waals surface area contributed by atoms with Gasteiger partial charge in [0, 0.05) is 73.3 Å². The zero-order valence-electron chi connectivity index (χ0n) is 31.2. The molecule has 0 unspecified atom stereocenters. The Balaban J connectivity index is 0.929. The summed E-state index contributed by atoms with van der Waals surface area (Å²) in [4.78, 5) is 0. The lowest BCUT2D eigenvalue weighted by atomic mass is 10.0. The molecular formula is C54H32N2S2. The van der Waals surface area contributed by atoms with Crippen LogP contribution in [0.3, 0.4) is 0 Å². The molecule has 0 saturated heterocycles. The molecule has 2 nitrogen and oxygen atoms in total. The Kier molecular flexibility index (Phi) is 6.79. The van der Waals surface area contributed by atoms with Crippen molar-refractivity contribution in [1.29, 1.82) is 0 Å². The quantitative estimate of drug-likeness (QED) is 0.169. The minimum absolute atomic E-state index is 1.16. The second-order valence-electron chi connectivity index (χ2n) is 15.3. The standard InChI is InChI=1S/C54H32N2S2/c1-2-10-33(11-3-1)34-18-22-37(23-19-34)55-47-15-7-4-12-39(47)43-28-35(20-26-49(43)55)36-21-27-50-44(29-36)40-13-5-8-16-48(40)56(50)38-24-25-42-46-31-45-41-14-6-9-17-51(41)57-53(45)32-54(46)58-52(42)30-38/h1-32H. The Morgan fingerprint density at radius 3 is 1.38 bits per heavy atom. The van der Waals surface area contributed by atoms with Gasteiger partial charge in [0.2, 0.25) is 0 Å². The van der Waals surface area contributed by atoms with Gasteiger partial charge in [-0.25, -0.2) is 0 Å². The van der Waals surface area contributed by atoms with E-state index >= 15 is 0 Å².